The zero-order valence-corrected chi connectivity index (χ0v) is 16.5. The second kappa shape index (κ2) is 11.7. The summed E-state index contributed by atoms with van der Waals surface area (Å²) in [7, 11) is -2.03. The Bertz CT molecular complexity index is 550. The molecule has 1 fully saturated rings. The molecule has 0 saturated carbocycles. The van der Waals surface area contributed by atoms with Gasteiger partial charge in [0.1, 0.15) is 0 Å². The number of halogens is 3. The van der Waals surface area contributed by atoms with Crippen molar-refractivity contribution in [1.29, 1.82) is 0 Å². The lowest BCUT2D eigenvalue weighted by Gasteiger charge is -2.32. The first-order valence-electron chi connectivity index (χ1n) is 8.82. The van der Waals surface area contributed by atoms with Gasteiger partial charge in [-0.3, -0.25) is 4.99 Å². The summed E-state index contributed by atoms with van der Waals surface area (Å²) in [5, 5.41) is 6.25. The molecule has 0 aliphatic carbocycles. The number of hydrogen-bond acceptors (Lipinski definition) is 5. The van der Waals surface area contributed by atoms with Crippen molar-refractivity contribution in [3.63, 3.8) is 0 Å². The van der Waals surface area contributed by atoms with E-state index in [-0.39, 0.29) is 32.0 Å². The van der Waals surface area contributed by atoms with E-state index >= 15 is 0 Å². The van der Waals surface area contributed by atoms with Gasteiger partial charge in [0.15, 0.2) is 5.96 Å². The molecule has 1 saturated heterocycles. The van der Waals surface area contributed by atoms with Gasteiger partial charge in [0, 0.05) is 46.4 Å². The van der Waals surface area contributed by atoms with E-state index in [9.17, 15) is 21.6 Å². The third-order valence-electron chi connectivity index (χ3n) is 4.09. The molecule has 0 aromatic heterocycles. The van der Waals surface area contributed by atoms with Crippen LogP contribution in [-0.2, 0) is 19.5 Å². The van der Waals surface area contributed by atoms with Gasteiger partial charge < -0.3 is 20.1 Å². The highest BCUT2D eigenvalue weighted by atomic mass is 32.2. The molecule has 0 aromatic rings. The second-order valence-electron chi connectivity index (χ2n) is 6.08. The minimum absolute atomic E-state index is 0.131. The summed E-state index contributed by atoms with van der Waals surface area (Å²) in [5.41, 5.74) is -5.25. The Kier molecular flexibility index (Phi) is 10.3. The average Bonchev–Trinajstić information content (AvgIpc) is 2.62. The SMILES string of the molecule is CN=C(NCCCCOCCOC)NC1CCN(S(=O)(=O)C(F)(F)F)CC1. The van der Waals surface area contributed by atoms with E-state index in [0.717, 1.165) is 12.8 Å². The molecular weight excluding hydrogens is 389 g/mol. The van der Waals surface area contributed by atoms with Crippen molar-refractivity contribution in [1.82, 2.24) is 14.9 Å². The summed E-state index contributed by atoms with van der Waals surface area (Å²) < 4.78 is 71.3. The molecule has 0 aromatic carbocycles. The molecule has 27 heavy (non-hydrogen) atoms. The fraction of sp³-hybridized carbons (Fsp3) is 0.933. The van der Waals surface area contributed by atoms with Crippen LogP contribution < -0.4 is 10.6 Å². The van der Waals surface area contributed by atoms with Crippen LogP contribution in [0.5, 0.6) is 0 Å². The molecular formula is C15H29F3N4O4S. The number of ether oxygens (including phenoxy) is 2. The number of nitrogens with zero attached hydrogens (tertiary/aromatic N) is 2. The van der Waals surface area contributed by atoms with Crippen LogP contribution in [0.2, 0.25) is 0 Å². The maximum Gasteiger partial charge on any atom is 0.511 e. The first kappa shape index (κ1) is 23.9. The number of alkyl halides is 3. The maximum atomic E-state index is 12.6. The predicted molar refractivity (Wildman–Crippen MR) is 96.0 cm³/mol. The molecule has 1 aliphatic rings. The van der Waals surface area contributed by atoms with E-state index in [4.69, 9.17) is 9.47 Å². The average molecular weight is 418 g/mol. The van der Waals surface area contributed by atoms with Crippen LogP contribution in [-0.4, -0.2) is 83.8 Å². The molecule has 0 bridgehead atoms. The smallest absolute Gasteiger partial charge is 0.382 e. The van der Waals surface area contributed by atoms with Crippen molar-refractivity contribution >= 4 is 16.0 Å². The molecule has 0 atom stereocenters. The minimum Gasteiger partial charge on any atom is -0.382 e. The third-order valence-corrected chi connectivity index (χ3v) is 5.72. The van der Waals surface area contributed by atoms with Crippen molar-refractivity contribution in [3.8, 4) is 0 Å². The Hall–Kier alpha value is -1.11. The molecule has 160 valence electrons. The van der Waals surface area contributed by atoms with Crippen LogP contribution in [0.25, 0.3) is 0 Å². The molecule has 0 unspecified atom stereocenters. The van der Waals surface area contributed by atoms with E-state index in [1.807, 2.05) is 0 Å². The number of aliphatic imine (C=N–C) groups is 1. The van der Waals surface area contributed by atoms with Gasteiger partial charge in [-0.25, -0.2) is 8.42 Å². The third kappa shape index (κ3) is 8.20. The number of hydrogen-bond donors (Lipinski definition) is 2. The molecule has 0 radical (unpaired) electrons. The second-order valence-corrected chi connectivity index (χ2v) is 8.01. The van der Waals surface area contributed by atoms with Crippen molar-refractivity contribution in [3.05, 3.63) is 0 Å². The van der Waals surface area contributed by atoms with Crippen LogP contribution in [0.1, 0.15) is 25.7 Å². The number of nitrogens with one attached hydrogen (secondary N) is 2. The predicted octanol–water partition coefficient (Wildman–Crippen LogP) is 0.909. The van der Waals surface area contributed by atoms with Crippen molar-refractivity contribution in [2.75, 3.05) is 53.6 Å². The highest BCUT2D eigenvalue weighted by Crippen LogP contribution is 2.28. The van der Waals surface area contributed by atoms with Gasteiger partial charge >= 0.3 is 15.5 Å². The van der Waals surface area contributed by atoms with E-state index in [1.54, 1.807) is 14.2 Å². The number of piperidine rings is 1. The lowest BCUT2D eigenvalue weighted by Crippen LogP contribution is -2.51. The molecule has 12 heteroatoms. The summed E-state index contributed by atoms with van der Waals surface area (Å²) in [6.07, 6.45) is 2.31. The minimum atomic E-state index is -5.25. The van der Waals surface area contributed by atoms with Crippen LogP contribution >= 0.6 is 0 Å². The number of methoxy groups -OCH3 is 1. The van der Waals surface area contributed by atoms with E-state index in [2.05, 4.69) is 15.6 Å². The number of rotatable bonds is 10. The van der Waals surface area contributed by atoms with Crippen molar-refractivity contribution in [2.45, 2.75) is 37.2 Å². The Balaban J connectivity index is 2.26. The molecule has 0 spiro atoms. The van der Waals surface area contributed by atoms with Gasteiger partial charge in [0.25, 0.3) is 0 Å². The summed E-state index contributed by atoms with van der Waals surface area (Å²) in [5.74, 6) is 0.549. The van der Waals surface area contributed by atoms with Crippen molar-refractivity contribution < 1.29 is 31.1 Å². The van der Waals surface area contributed by atoms with E-state index < -0.39 is 15.5 Å². The first-order chi connectivity index (χ1) is 12.7. The van der Waals surface area contributed by atoms with Crippen LogP contribution in [0.15, 0.2) is 4.99 Å². The topological polar surface area (TPSA) is 92.3 Å². The van der Waals surface area contributed by atoms with Gasteiger partial charge in [0.2, 0.25) is 0 Å². The monoisotopic (exact) mass is 418 g/mol. The summed E-state index contributed by atoms with van der Waals surface area (Å²) >= 11 is 0. The maximum absolute atomic E-state index is 12.6. The van der Waals surface area contributed by atoms with Crippen LogP contribution in [0.3, 0.4) is 0 Å². The van der Waals surface area contributed by atoms with E-state index in [0.29, 0.717) is 36.6 Å². The van der Waals surface area contributed by atoms with Gasteiger partial charge in [-0.05, 0) is 25.7 Å². The number of unbranched alkanes of at least 4 members (excludes halogenated alkanes) is 1. The normalized spacial score (nSPS) is 17.9. The fourth-order valence-electron chi connectivity index (χ4n) is 2.56. The van der Waals surface area contributed by atoms with Gasteiger partial charge in [0.05, 0.1) is 13.2 Å². The number of guanidine groups is 1. The van der Waals surface area contributed by atoms with Gasteiger partial charge in [-0.2, -0.15) is 17.5 Å². The first-order valence-corrected chi connectivity index (χ1v) is 10.3. The van der Waals surface area contributed by atoms with Gasteiger partial charge in [-0.1, -0.05) is 0 Å². The molecule has 1 rings (SSSR count). The Morgan fingerprint density at radius 1 is 1.19 bits per heavy atom. The zero-order valence-electron chi connectivity index (χ0n) is 15.7. The zero-order chi connectivity index (χ0) is 20.3. The van der Waals surface area contributed by atoms with E-state index in [1.165, 1.54) is 0 Å². The summed E-state index contributed by atoms with van der Waals surface area (Å²) in [4.78, 5) is 4.08. The van der Waals surface area contributed by atoms with Crippen molar-refractivity contribution in [2.24, 2.45) is 4.99 Å². The molecule has 2 N–H and O–H groups in total. The molecule has 1 heterocycles. The Morgan fingerprint density at radius 2 is 1.85 bits per heavy atom. The Morgan fingerprint density at radius 3 is 2.41 bits per heavy atom. The van der Waals surface area contributed by atoms with Crippen LogP contribution in [0.4, 0.5) is 13.2 Å². The van der Waals surface area contributed by atoms with Gasteiger partial charge in [-0.15, -0.1) is 0 Å². The fourth-order valence-corrected chi connectivity index (χ4v) is 3.54. The standard InChI is InChI=1S/C15H29F3N4O4S/c1-19-14(20-7-3-4-10-26-12-11-25-2)21-13-5-8-22(9-6-13)27(23,24)15(16,17)18/h13H,3-12H2,1-2H3,(H2,19,20,21). The summed E-state index contributed by atoms with van der Waals surface area (Å²) in [6, 6.07) is -0.131. The molecule has 1 aliphatic heterocycles. The largest absolute Gasteiger partial charge is 0.511 e. The highest BCUT2D eigenvalue weighted by Gasteiger charge is 2.50. The Labute approximate surface area is 158 Å². The highest BCUT2D eigenvalue weighted by molar-refractivity contribution is 7.90. The lowest BCUT2D eigenvalue weighted by molar-refractivity contribution is -0.0494. The quantitative estimate of drug-likeness (QED) is 0.311. The van der Waals surface area contributed by atoms with Crippen LogP contribution in [0, 0.1) is 0 Å². The lowest BCUT2D eigenvalue weighted by atomic mass is 10.1. The summed E-state index contributed by atoms with van der Waals surface area (Å²) in [6.45, 7) is 2.11. The molecule has 8 nitrogen and oxygen atoms in total. The number of sulfonamides is 1. The molecule has 0 amide bonds.